The van der Waals surface area contributed by atoms with Crippen molar-refractivity contribution in [3.8, 4) is 0 Å². The molecule has 0 atom stereocenters. The summed E-state index contributed by atoms with van der Waals surface area (Å²) in [7, 11) is 0. The van der Waals surface area contributed by atoms with Crippen molar-refractivity contribution in [3.05, 3.63) is 64.1 Å². The van der Waals surface area contributed by atoms with Gasteiger partial charge in [-0.2, -0.15) is 0 Å². The Labute approximate surface area is 129 Å². The van der Waals surface area contributed by atoms with Crippen LogP contribution in [0.3, 0.4) is 0 Å². The van der Waals surface area contributed by atoms with Crippen molar-refractivity contribution in [1.29, 1.82) is 0 Å². The van der Waals surface area contributed by atoms with Crippen LogP contribution in [0.15, 0.2) is 58.5 Å². The van der Waals surface area contributed by atoms with Gasteiger partial charge in [0.05, 0.1) is 0 Å². The molecular formula is C14H8Cl2N2Se. The van der Waals surface area contributed by atoms with E-state index < -0.39 is 0 Å². The van der Waals surface area contributed by atoms with E-state index in [1.165, 1.54) is 0 Å². The Hall–Kier alpha value is -1.21. The van der Waals surface area contributed by atoms with Crippen LogP contribution in [0, 0.1) is 0 Å². The second-order valence-electron chi connectivity index (χ2n) is 3.62. The average molecular weight is 354 g/mol. The molecule has 2 nitrogen and oxygen atoms in total. The predicted octanol–water partition coefficient (Wildman–Crippen LogP) is 4.15. The van der Waals surface area contributed by atoms with Crippen molar-refractivity contribution < 1.29 is 0 Å². The molecule has 0 aromatic heterocycles. The number of hydrogen-bond acceptors (Lipinski definition) is 1. The molecule has 0 fully saturated rings. The molecule has 0 spiro atoms. The molecule has 2 rings (SSSR count). The van der Waals surface area contributed by atoms with E-state index in [0.717, 1.165) is 11.3 Å². The molecule has 0 unspecified atom stereocenters. The molecule has 94 valence electrons. The van der Waals surface area contributed by atoms with Crippen LogP contribution in [0.1, 0.15) is 5.56 Å². The van der Waals surface area contributed by atoms with E-state index in [0.29, 0.717) is 15.9 Å². The van der Waals surface area contributed by atoms with Gasteiger partial charge in [-0.05, 0) is 0 Å². The van der Waals surface area contributed by atoms with Crippen LogP contribution >= 0.6 is 23.2 Å². The van der Waals surface area contributed by atoms with Crippen molar-refractivity contribution in [3.63, 3.8) is 0 Å². The number of amidine groups is 1. The first-order valence-electron chi connectivity index (χ1n) is 5.37. The van der Waals surface area contributed by atoms with Crippen LogP contribution in [-0.4, -0.2) is 26.1 Å². The van der Waals surface area contributed by atoms with Crippen molar-refractivity contribution >= 4 is 55.0 Å². The van der Waals surface area contributed by atoms with Gasteiger partial charge in [0.1, 0.15) is 0 Å². The fourth-order valence-corrected chi connectivity index (χ4v) is 1.87. The monoisotopic (exact) mass is 354 g/mol. The molecular weight excluding hydrogens is 346 g/mol. The minimum atomic E-state index is 0.553. The molecule has 0 saturated heterocycles. The normalized spacial score (nSPS) is 10.9. The zero-order valence-corrected chi connectivity index (χ0v) is 12.9. The third kappa shape index (κ3) is 4.14. The van der Waals surface area contributed by atoms with Gasteiger partial charge < -0.3 is 0 Å². The summed E-state index contributed by atoms with van der Waals surface area (Å²) in [5.41, 5.74) is 1.63. The first-order chi connectivity index (χ1) is 9.19. The summed E-state index contributed by atoms with van der Waals surface area (Å²) >= 11 is 14.3. The summed E-state index contributed by atoms with van der Waals surface area (Å²) in [6, 6.07) is 14.5. The Bertz CT molecular complexity index is 642. The second kappa shape index (κ2) is 6.81. The van der Waals surface area contributed by atoms with Crippen molar-refractivity contribution in [2.75, 3.05) is 0 Å². The Kier molecular flexibility index (Phi) is 5.09. The summed E-state index contributed by atoms with van der Waals surface area (Å²) in [5, 5.41) is 1.34. The number of nitrogens with zero attached hydrogens (tertiary/aromatic N) is 2. The van der Waals surface area contributed by atoms with Gasteiger partial charge in [0.25, 0.3) is 0 Å². The van der Waals surface area contributed by atoms with E-state index in [4.69, 9.17) is 23.2 Å². The molecule has 19 heavy (non-hydrogen) atoms. The number of aliphatic imine (C=N–C) groups is 2. The Morgan fingerprint density at radius 1 is 0.895 bits per heavy atom. The topological polar surface area (TPSA) is 24.7 Å². The number of halogens is 2. The van der Waals surface area contributed by atoms with Crippen molar-refractivity contribution in [2.24, 2.45) is 9.98 Å². The Morgan fingerprint density at radius 3 is 1.95 bits per heavy atom. The molecule has 0 aliphatic rings. The molecule has 5 heteroatoms. The summed E-state index contributed by atoms with van der Waals surface area (Å²) in [6.07, 6.45) is 0. The fourth-order valence-electron chi connectivity index (χ4n) is 1.43. The van der Waals surface area contributed by atoms with Gasteiger partial charge >= 0.3 is 129 Å². The van der Waals surface area contributed by atoms with Crippen LogP contribution in [0.4, 0.5) is 5.69 Å². The molecule has 0 bridgehead atoms. The van der Waals surface area contributed by atoms with E-state index >= 15 is 0 Å². The first kappa shape index (κ1) is 14.2. The minimum absolute atomic E-state index is 0.553. The van der Waals surface area contributed by atoms with Gasteiger partial charge in [0, 0.05) is 0 Å². The van der Waals surface area contributed by atoms with Gasteiger partial charge in [-0.3, -0.25) is 0 Å². The predicted molar refractivity (Wildman–Crippen MR) is 82.3 cm³/mol. The molecule has 0 amide bonds. The molecule has 0 heterocycles. The molecule has 0 N–H and O–H groups in total. The van der Waals surface area contributed by atoms with Gasteiger partial charge in [-0.15, -0.1) is 0 Å². The van der Waals surface area contributed by atoms with Gasteiger partial charge in [-0.25, -0.2) is 0 Å². The second-order valence-corrected chi connectivity index (χ2v) is 4.88. The zero-order chi connectivity index (χ0) is 13.7. The molecule has 2 aromatic carbocycles. The number of benzene rings is 2. The summed E-state index contributed by atoms with van der Waals surface area (Å²) in [4.78, 5) is 8.57. The van der Waals surface area contributed by atoms with E-state index in [9.17, 15) is 0 Å². The quantitative estimate of drug-likeness (QED) is 0.440. The maximum absolute atomic E-state index is 5.86. The SMILES string of the molecule is Clc1ccc(N=C(N=C=[Se])c2ccc(Cl)cc2)cc1. The van der Waals surface area contributed by atoms with Crippen LogP contribution in [0.5, 0.6) is 0 Å². The average Bonchev–Trinajstić information content (AvgIpc) is 2.42. The summed E-state index contributed by atoms with van der Waals surface area (Å²) in [6.45, 7) is 0. The third-order valence-corrected chi connectivity index (χ3v) is 3.01. The van der Waals surface area contributed by atoms with Gasteiger partial charge in [0.15, 0.2) is 0 Å². The fraction of sp³-hybridized carbons (Fsp3) is 0. The Morgan fingerprint density at radius 2 is 1.42 bits per heavy atom. The van der Waals surface area contributed by atoms with E-state index in [1.54, 1.807) is 24.3 Å². The molecule has 2 aromatic rings. The van der Waals surface area contributed by atoms with Crippen LogP contribution < -0.4 is 0 Å². The Balaban J connectivity index is 2.42. The van der Waals surface area contributed by atoms with Crippen LogP contribution in [-0.2, 0) is 0 Å². The number of hydrogen-bond donors (Lipinski definition) is 0. The van der Waals surface area contributed by atoms with Gasteiger partial charge in [0.2, 0.25) is 0 Å². The van der Waals surface area contributed by atoms with Crippen molar-refractivity contribution in [2.45, 2.75) is 0 Å². The number of rotatable bonds is 2. The first-order valence-corrected chi connectivity index (χ1v) is 6.98. The molecule has 0 aliphatic carbocycles. The standard InChI is InChI=1S/C14H8Cl2N2Se/c15-11-3-1-10(2-4-11)14(17-9-19)18-13-7-5-12(16)6-8-13/h1-8H. The van der Waals surface area contributed by atoms with E-state index in [-0.39, 0.29) is 0 Å². The molecule has 0 radical (unpaired) electrons. The van der Waals surface area contributed by atoms with Gasteiger partial charge in [-0.1, -0.05) is 0 Å². The summed E-state index contributed by atoms with van der Waals surface area (Å²) in [5.74, 6) is 0.553. The van der Waals surface area contributed by atoms with Crippen LogP contribution in [0.25, 0.3) is 0 Å². The third-order valence-electron chi connectivity index (χ3n) is 2.32. The zero-order valence-electron chi connectivity index (χ0n) is 9.68. The van der Waals surface area contributed by atoms with E-state index in [2.05, 4.69) is 30.3 Å². The maximum atomic E-state index is 5.86. The molecule has 0 saturated carbocycles. The van der Waals surface area contributed by atoms with Crippen LogP contribution in [0.2, 0.25) is 10.0 Å². The van der Waals surface area contributed by atoms with E-state index in [1.807, 2.05) is 24.3 Å². The van der Waals surface area contributed by atoms with Crippen molar-refractivity contribution in [1.82, 2.24) is 0 Å². The molecule has 0 aliphatic heterocycles. The summed E-state index contributed by atoms with van der Waals surface area (Å²) < 4.78 is 2.62.